The second-order valence-electron chi connectivity index (χ2n) is 9.76. The molecule has 2 aromatic rings. The van der Waals surface area contributed by atoms with Crippen LogP contribution in [-0.4, -0.2) is 47.2 Å². The number of piperidine rings is 1. The molecule has 4 rings (SSSR count). The number of rotatable bonds is 6. The largest absolute Gasteiger partial charge is 0.376 e. The fraction of sp³-hybridized carbons (Fsp3) is 0.560. The molecular formula is C25H35N5O2. The average molecular weight is 438 g/mol. The maximum atomic E-state index is 12.6. The van der Waals surface area contributed by atoms with E-state index in [1.54, 1.807) is 6.20 Å². The van der Waals surface area contributed by atoms with Crippen LogP contribution in [0.15, 0.2) is 36.5 Å². The Hall–Kier alpha value is -2.51. The molecule has 2 fully saturated rings. The molecule has 4 heterocycles. The number of aromatic nitrogens is 2. The summed E-state index contributed by atoms with van der Waals surface area (Å²) >= 11 is 0. The van der Waals surface area contributed by atoms with Crippen molar-refractivity contribution in [3.8, 4) is 11.3 Å². The van der Waals surface area contributed by atoms with Gasteiger partial charge in [-0.15, -0.1) is 0 Å². The van der Waals surface area contributed by atoms with Crippen LogP contribution in [-0.2, 0) is 9.53 Å². The molecule has 2 aliphatic heterocycles. The van der Waals surface area contributed by atoms with Gasteiger partial charge in [0, 0.05) is 37.5 Å². The van der Waals surface area contributed by atoms with Gasteiger partial charge in [-0.1, -0.05) is 6.07 Å². The quantitative estimate of drug-likeness (QED) is 0.631. The molecule has 0 saturated carbocycles. The Bertz CT molecular complexity index is 924. The van der Waals surface area contributed by atoms with Crippen molar-refractivity contribution in [2.75, 3.05) is 30.3 Å². The second-order valence-corrected chi connectivity index (χ2v) is 9.76. The molecule has 3 atom stereocenters. The number of pyridine rings is 2. The zero-order chi connectivity index (χ0) is 22.6. The number of carbonyl (C=O) groups is 1. The molecule has 2 saturated heterocycles. The molecule has 2 aromatic heterocycles. The first-order chi connectivity index (χ1) is 15.4. The molecule has 1 amide bonds. The van der Waals surface area contributed by atoms with Gasteiger partial charge in [-0.3, -0.25) is 4.79 Å². The standard InChI is InChI=1S/C25H35N5O2/c1-17-7-8-20(16-27-17)24(31)30-23-13-19(9-11-26-23)21-5-4-6-22(29-21)28-15-18-10-12-32-25(2,3)14-18/h4-6,9,11,13,17-18,20,27H,7-8,10,12,14-16H2,1-3H3,(H,28,29)(H,26,30,31)/t17-,18+,20-/m1/s1. The minimum atomic E-state index is -0.0519. The Balaban J connectivity index is 1.38. The summed E-state index contributed by atoms with van der Waals surface area (Å²) in [6, 6.07) is 10.3. The van der Waals surface area contributed by atoms with Gasteiger partial charge in [-0.2, -0.15) is 0 Å². The van der Waals surface area contributed by atoms with E-state index in [-0.39, 0.29) is 17.4 Å². The van der Waals surface area contributed by atoms with E-state index < -0.39 is 0 Å². The highest BCUT2D eigenvalue weighted by Gasteiger charge is 2.28. The third kappa shape index (κ3) is 6.04. The molecular weight excluding hydrogens is 402 g/mol. The molecule has 0 unspecified atom stereocenters. The van der Waals surface area contributed by atoms with Gasteiger partial charge in [0.1, 0.15) is 11.6 Å². The lowest BCUT2D eigenvalue weighted by Gasteiger charge is -2.35. The van der Waals surface area contributed by atoms with Crippen molar-refractivity contribution in [1.29, 1.82) is 0 Å². The summed E-state index contributed by atoms with van der Waals surface area (Å²) in [5, 5.41) is 9.86. The summed E-state index contributed by atoms with van der Waals surface area (Å²) in [6.07, 6.45) is 5.75. The highest BCUT2D eigenvalue weighted by molar-refractivity contribution is 5.92. The fourth-order valence-electron chi connectivity index (χ4n) is 4.58. The van der Waals surface area contributed by atoms with Crippen LogP contribution in [0.4, 0.5) is 11.6 Å². The van der Waals surface area contributed by atoms with Crippen molar-refractivity contribution in [3.63, 3.8) is 0 Å². The van der Waals surface area contributed by atoms with Gasteiger partial charge >= 0.3 is 0 Å². The maximum Gasteiger partial charge on any atom is 0.229 e. The van der Waals surface area contributed by atoms with Crippen LogP contribution >= 0.6 is 0 Å². The van der Waals surface area contributed by atoms with Gasteiger partial charge in [-0.25, -0.2) is 9.97 Å². The summed E-state index contributed by atoms with van der Waals surface area (Å²) in [5.74, 6) is 2.01. The first-order valence-electron chi connectivity index (χ1n) is 11.7. The number of anilines is 2. The lowest BCUT2D eigenvalue weighted by Crippen LogP contribution is -2.41. The van der Waals surface area contributed by atoms with Gasteiger partial charge in [0.25, 0.3) is 0 Å². The van der Waals surface area contributed by atoms with Gasteiger partial charge in [-0.05, 0) is 76.6 Å². The van der Waals surface area contributed by atoms with Crippen LogP contribution in [0, 0.1) is 11.8 Å². The van der Waals surface area contributed by atoms with Crippen LogP contribution in [0.5, 0.6) is 0 Å². The molecule has 3 N–H and O–H groups in total. The molecule has 172 valence electrons. The molecule has 32 heavy (non-hydrogen) atoms. The van der Waals surface area contributed by atoms with E-state index in [1.807, 2.05) is 30.3 Å². The van der Waals surface area contributed by atoms with Gasteiger partial charge < -0.3 is 20.7 Å². The van der Waals surface area contributed by atoms with E-state index in [1.165, 1.54) is 0 Å². The highest BCUT2D eigenvalue weighted by Crippen LogP contribution is 2.29. The van der Waals surface area contributed by atoms with Gasteiger partial charge in [0.15, 0.2) is 0 Å². The summed E-state index contributed by atoms with van der Waals surface area (Å²) in [5.41, 5.74) is 1.74. The summed E-state index contributed by atoms with van der Waals surface area (Å²) in [6.45, 7) is 8.88. The van der Waals surface area contributed by atoms with Crippen LogP contribution in [0.3, 0.4) is 0 Å². The fourth-order valence-corrected chi connectivity index (χ4v) is 4.58. The molecule has 0 spiro atoms. The number of ether oxygens (including phenoxy) is 1. The van der Waals surface area contributed by atoms with Crippen molar-refractivity contribution < 1.29 is 9.53 Å². The smallest absolute Gasteiger partial charge is 0.229 e. The molecule has 0 radical (unpaired) electrons. The van der Waals surface area contributed by atoms with Crippen LogP contribution in [0.1, 0.15) is 46.5 Å². The van der Waals surface area contributed by atoms with E-state index in [0.717, 1.165) is 55.9 Å². The Kier molecular flexibility index (Phi) is 7.06. The van der Waals surface area contributed by atoms with Crippen molar-refractivity contribution in [1.82, 2.24) is 15.3 Å². The van der Waals surface area contributed by atoms with Crippen LogP contribution in [0.2, 0.25) is 0 Å². The van der Waals surface area contributed by atoms with E-state index >= 15 is 0 Å². The highest BCUT2D eigenvalue weighted by atomic mass is 16.5. The molecule has 0 aromatic carbocycles. The zero-order valence-corrected chi connectivity index (χ0v) is 19.4. The Morgan fingerprint density at radius 3 is 2.88 bits per heavy atom. The first-order valence-corrected chi connectivity index (χ1v) is 11.7. The predicted molar refractivity (Wildman–Crippen MR) is 128 cm³/mol. The van der Waals surface area contributed by atoms with Crippen LogP contribution in [0.25, 0.3) is 11.3 Å². The molecule has 7 nitrogen and oxygen atoms in total. The number of hydrogen-bond donors (Lipinski definition) is 3. The number of nitrogens with one attached hydrogen (secondary N) is 3. The number of nitrogens with zero attached hydrogens (tertiary/aromatic N) is 2. The third-order valence-corrected chi connectivity index (χ3v) is 6.46. The first kappa shape index (κ1) is 22.7. The van der Waals surface area contributed by atoms with Crippen molar-refractivity contribution in [2.45, 2.75) is 58.1 Å². The van der Waals surface area contributed by atoms with E-state index in [9.17, 15) is 4.79 Å². The van der Waals surface area contributed by atoms with Crippen molar-refractivity contribution >= 4 is 17.5 Å². The molecule has 0 bridgehead atoms. The minimum absolute atomic E-state index is 0.0162. The maximum absolute atomic E-state index is 12.6. The minimum Gasteiger partial charge on any atom is -0.376 e. The normalized spacial score (nSPS) is 25.2. The molecule has 0 aliphatic carbocycles. The van der Waals surface area contributed by atoms with Crippen LogP contribution < -0.4 is 16.0 Å². The second kappa shape index (κ2) is 9.96. The molecule has 7 heteroatoms. The number of hydrogen-bond acceptors (Lipinski definition) is 6. The topological polar surface area (TPSA) is 88.2 Å². The number of amides is 1. The summed E-state index contributed by atoms with van der Waals surface area (Å²) in [4.78, 5) is 21.8. The molecule has 2 aliphatic rings. The zero-order valence-electron chi connectivity index (χ0n) is 19.4. The van der Waals surface area contributed by atoms with Gasteiger partial charge in [0.05, 0.1) is 17.2 Å². The Morgan fingerprint density at radius 1 is 1.22 bits per heavy atom. The van der Waals surface area contributed by atoms with E-state index in [2.05, 4.69) is 41.7 Å². The van der Waals surface area contributed by atoms with E-state index in [4.69, 9.17) is 9.72 Å². The Morgan fingerprint density at radius 2 is 2.09 bits per heavy atom. The number of carbonyl (C=O) groups excluding carboxylic acids is 1. The monoisotopic (exact) mass is 437 g/mol. The van der Waals surface area contributed by atoms with Crippen molar-refractivity contribution in [2.24, 2.45) is 11.8 Å². The SMILES string of the molecule is C[C@@H]1CC[C@@H](C(=O)Nc2cc(-c3cccc(NC[C@H]4CCOC(C)(C)C4)n3)ccn2)CN1. The van der Waals surface area contributed by atoms with Gasteiger partial charge in [0.2, 0.25) is 5.91 Å². The summed E-state index contributed by atoms with van der Waals surface area (Å²) in [7, 11) is 0. The lowest BCUT2D eigenvalue weighted by atomic mass is 9.88. The lowest BCUT2D eigenvalue weighted by molar-refractivity contribution is -0.120. The van der Waals surface area contributed by atoms with E-state index in [0.29, 0.717) is 24.3 Å². The average Bonchev–Trinajstić information content (AvgIpc) is 2.78. The summed E-state index contributed by atoms with van der Waals surface area (Å²) < 4.78 is 5.82. The Labute approximate surface area is 190 Å². The van der Waals surface area contributed by atoms with Crippen molar-refractivity contribution in [3.05, 3.63) is 36.5 Å². The predicted octanol–water partition coefficient (Wildman–Crippen LogP) is 4.09. The third-order valence-electron chi connectivity index (χ3n) is 6.46.